The van der Waals surface area contributed by atoms with Crippen molar-refractivity contribution in [1.82, 2.24) is 0 Å². The number of fused-ring (bicyclic) bond motifs is 2. The molecule has 0 amide bonds. The average Bonchev–Trinajstić information content (AvgIpc) is 3.33. The van der Waals surface area contributed by atoms with E-state index in [0.29, 0.717) is 12.8 Å². The Morgan fingerprint density at radius 2 is 1.51 bits per heavy atom. The smallest absolute Gasteiger partial charge is 0.303 e. The van der Waals surface area contributed by atoms with E-state index in [1.807, 2.05) is 0 Å². The monoisotopic (exact) mass is 550 g/mol. The molecule has 2 bridgehead atoms. The SMILES string of the molecule is CC(=O)OC[C@H]1O[C@@H](O[C@]23C[C@@H]4C(=O)C[C@@H](C)[C@@]5(CC[C@@H]2C5)[C@@]43C)[C@H](OC(C)=O)[C@@H](OC(C)=O)[C@@H]1OC(C)=O. The van der Waals surface area contributed by atoms with Gasteiger partial charge in [0.1, 0.15) is 18.5 Å². The predicted octanol–water partition coefficient (Wildman–Crippen LogP) is 2.26. The van der Waals surface area contributed by atoms with E-state index >= 15 is 0 Å². The molecule has 0 aromatic heterocycles. The molecule has 1 heterocycles. The molecule has 1 spiro atoms. The van der Waals surface area contributed by atoms with Crippen LogP contribution in [0.2, 0.25) is 0 Å². The highest BCUT2D eigenvalue weighted by Gasteiger charge is 2.85. The molecule has 0 N–H and O–H groups in total. The van der Waals surface area contributed by atoms with Crippen molar-refractivity contribution in [2.45, 2.75) is 110 Å². The van der Waals surface area contributed by atoms with Gasteiger partial charge in [-0.15, -0.1) is 0 Å². The van der Waals surface area contributed by atoms with Crippen LogP contribution in [0.3, 0.4) is 0 Å². The van der Waals surface area contributed by atoms with Crippen LogP contribution < -0.4 is 0 Å². The van der Waals surface area contributed by atoms with E-state index in [0.717, 1.165) is 19.3 Å². The first-order chi connectivity index (χ1) is 18.3. The van der Waals surface area contributed by atoms with E-state index in [2.05, 4.69) is 13.8 Å². The lowest BCUT2D eigenvalue weighted by Gasteiger charge is -2.71. The second-order valence-corrected chi connectivity index (χ2v) is 12.2. The molecule has 0 radical (unpaired) electrons. The molecule has 4 aliphatic carbocycles. The van der Waals surface area contributed by atoms with Crippen molar-refractivity contribution in [2.75, 3.05) is 6.61 Å². The summed E-state index contributed by atoms with van der Waals surface area (Å²) in [6.45, 7) is 8.80. The molecule has 1 saturated heterocycles. The third kappa shape index (κ3) is 4.02. The van der Waals surface area contributed by atoms with E-state index in [1.54, 1.807) is 0 Å². The number of Topliss-reactive ketones (excluding diaryl/α,β-unsaturated/α-hetero) is 1. The summed E-state index contributed by atoms with van der Waals surface area (Å²) in [5.74, 6) is -2.10. The third-order valence-electron chi connectivity index (χ3n) is 10.4. The van der Waals surface area contributed by atoms with Crippen LogP contribution in [-0.2, 0) is 52.4 Å². The Morgan fingerprint density at radius 3 is 2.13 bits per heavy atom. The molecule has 11 heteroatoms. The molecule has 5 rings (SSSR count). The third-order valence-corrected chi connectivity index (χ3v) is 10.4. The molecule has 216 valence electrons. The van der Waals surface area contributed by atoms with E-state index < -0.39 is 65.6 Å². The minimum atomic E-state index is -1.28. The highest BCUT2D eigenvalue weighted by atomic mass is 16.7. The number of rotatable bonds is 7. The van der Waals surface area contributed by atoms with Crippen LogP contribution in [0, 0.1) is 28.6 Å². The lowest BCUT2D eigenvalue weighted by atomic mass is 9.36. The first kappa shape index (κ1) is 28.0. The maximum atomic E-state index is 13.1. The molecule has 0 aromatic rings. The van der Waals surface area contributed by atoms with Crippen LogP contribution >= 0.6 is 0 Å². The fourth-order valence-corrected chi connectivity index (χ4v) is 8.98. The highest BCUT2D eigenvalue weighted by molar-refractivity contribution is 5.86. The van der Waals surface area contributed by atoms with Gasteiger partial charge >= 0.3 is 23.9 Å². The zero-order chi connectivity index (χ0) is 28.5. The number of ketones is 1. The lowest BCUT2D eigenvalue weighted by Crippen LogP contribution is -2.75. The molecule has 11 atom stereocenters. The molecule has 5 fully saturated rings. The quantitative estimate of drug-likeness (QED) is 0.340. The van der Waals surface area contributed by atoms with Crippen LogP contribution in [0.25, 0.3) is 0 Å². The zero-order valence-electron chi connectivity index (χ0n) is 23.4. The van der Waals surface area contributed by atoms with Crippen molar-refractivity contribution in [3.63, 3.8) is 0 Å². The van der Waals surface area contributed by atoms with Crippen molar-refractivity contribution in [1.29, 1.82) is 0 Å². The maximum absolute atomic E-state index is 13.1. The van der Waals surface area contributed by atoms with Crippen LogP contribution in [-0.4, -0.2) is 72.6 Å². The summed E-state index contributed by atoms with van der Waals surface area (Å²) in [5.41, 5.74) is -1.16. The molecule has 39 heavy (non-hydrogen) atoms. The van der Waals surface area contributed by atoms with E-state index in [1.165, 1.54) is 27.7 Å². The fraction of sp³-hybridized carbons (Fsp3) is 0.821. The van der Waals surface area contributed by atoms with Crippen molar-refractivity contribution >= 4 is 29.7 Å². The van der Waals surface area contributed by atoms with Gasteiger partial charge in [-0.2, -0.15) is 0 Å². The standard InChI is InChI=1S/C28H38O11/c1-13-9-20(33)19-11-28(18-7-8-27(13,10-18)26(19,28)6)39-25-24(37-17(5)32)23(36-16(4)31)22(35-15(3)30)21(38-25)12-34-14(2)29/h13,18-19,21-25H,7-12H2,1-6H3/t13-,18-,19-,21-,22-,23+,24-,25+,26-,27+,28-/m1/s1. The number of carbonyl (C=O) groups is 5. The van der Waals surface area contributed by atoms with Crippen LogP contribution in [0.5, 0.6) is 0 Å². The molecule has 1 aliphatic heterocycles. The summed E-state index contributed by atoms with van der Waals surface area (Å²) in [6.07, 6.45) is -2.06. The maximum Gasteiger partial charge on any atom is 0.303 e. The highest BCUT2D eigenvalue weighted by Crippen LogP contribution is 2.84. The Balaban J connectivity index is 1.53. The summed E-state index contributed by atoms with van der Waals surface area (Å²) in [7, 11) is 0. The van der Waals surface area contributed by atoms with Crippen LogP contribution in [0.1, 0.15) is 73.6 Å². The molecular formula is C28H38O11. The largest absolute Gasteiger partial charge is 0.463 e. The van der Waals surface area contributed by atoms with Gasteiger partial charge in [-0.3, -0.25) is 24.0 Å². The van der Waals surface area contributed by atoms with Gasteiger partial charge in [-0.05, 0) is 42.9 Å². The Labute approximate surface area is 227 Å². The van der Waals surface area contributed by atoms with Gasteiger partial charge in [0.05, 0.1) is 5.60 Å². The van der Waals surface area contributed by atoms with Crippen molar-refractivity contribution in [3.05, 3.63) is 0 Å². The van der Waals surface area contributed by atoms with Gasteiger partial charge in [0.15, 0.2) is 24.6 Å². The Kier molecular flexibility index (Phi) is 6.85. The Bertz CT molecular complexity index is 1090. The first-order valence-corrected chi connectivity index (χ1v) is 13.8. The second-order valence-electron chi connectivity index (χ2n) is 12.2. The zero-order valence-corrected chi connectivity index (χ0v) is 23.4. The van der Waals surface area contributed by atoms with Crippen molar-refractivity contribution < 1.29 is 52.4 Å². The summed E-state index contributed by atoms with van der Waals surface area (Å²) in [6, 6.07) is 0. The van der Waals surface area contributed by atoms with Gasteiger partial charge in [0.25, 0.3) is 0 Å². The normalized spacial score (nSPS) is 45.5. The average molecular weight is 551 g/mol. The molecule has 0 unspecified atom stereocenters. The van der Waals surface area contributed by atoms with Crippen molar-refractivity contribution in [2.24, 2.45) is 28.6 Å². The van der Waals surface area contributed by atoms with Crippen LogP contribution in [0.15, 0.2) is 0 Å². The van der Waals surface area contributed by atoms with Gasteiger partial charge in [0, 0.05) is 45.4 Å². The molecule has 11 nitrogen and oxygen atoms in total. The summed E-state index contributed by atoms with van der Waals surface area (Å²) >= 11 is 0. The van der Waals surface area contributed by atoms with Crippen molar-refractivity contribution in [3.8, 4) is 0 Å². The Hall–Kier alpha value is -2.53. The predicted molar refractivity (Wildman–Crippen MR) is 131 cm³/mol. The summed E-state index contributed by atoms with van der Waals surface area (Å²) in [5, 5.41) is 0. The Morgan fingerprint density at radius 1 is 0.897 bits per heavy atom. The van der Waals surface area contributed by atoms with E-state index in [9.17, 15) is 24.0 Å². The fourth-order valence-electron chi connectivity index (χ4n) is 8.98. The summed E-state index contributed by atoms with van der Waals surface area (Å²) < 4.78 is 35.1. The minimum absolute atomic E-state index is 0.0349. The van der Waals surface area contributed by atoms with E-state index in [-0.39, 0.29) is 35.6 Å². The van der Waals surface area contributed by atoms with Gasteiger partial charge in [0.2, 0.25) is 0 Å². The number of hydrogen-bond acceptors (Lipinski definition) is 11. The molecular weight excluding hydrogens is 512 g/mol. The lowest BCUT2D eigenvalue weighted by molar-refractivity contribution is -0.382. The molecule has 4 saturated carbocycles. The number of hydrogen-bond donors (Lipinski definition) is 0. The van der Waals surface area contributed by atoms with Crippen LogP contribution in [0.4, 0.5) is 0 Å². The van der Waals surface area contributed by atoms with E-state index in [4.69, 9.17) is 28.4 Å². The number of esters is 4. The summed E-state index contributed by atoms with van der Waals surface area (Å²) in [4.78, 5) is 61.2. The molecule has 5 aliphatic rings. The minimum Gasteiger partial charge on any atom is -0.463 e. The van der Waals surface area contributed by atoms with Gasteiger partial charge in [-0.1, -0.05) is 13.8 Å². The number of carbonyl (C=O) groups excluding carboxylic acids is 5. The first-order valence-electron chi connectivity index (χ1n) is 13.8. The number of ether oxygens (including phenoxy) is 6. The topological polar surface area (TPSA) is 141 Å². The van der Waals surface area contributed by atoms with Gasteiger partial charge in [-0.25, -0.2) is 0 Å². The second kappa shape index (κ2) is 9.54. The molecule has 0 aromatic carbocycles. The van der Waals surface area contributed by atoms with Gasteiger partial charge < -0.3 is 28.4 Å².